The van der Waals surface area contributed by atoms with Crippen molar-refractivity contribution in [1.29, 1.82) is 0 Å². The quantitative estimate of drug-likeness (QED) is 0.687. The van der Waals surface area contributed by atoms with Crippen molar-refractivity contribution in [3.05, 3.63) is 17.9 Å². The number of hydrogen-bond acceptors (Lipinski definition) is 4. The van der Waals surface area contributed by atoms with E-state index in [2.05, 4.69) is 5.32 Å². The normalized spacial score (nSPS) is 10.3. The molecule has 0 unspecified atom stereocenters. The number of nitrogens with one attached hydrogen (secondary N) is 1. The van der Waals surface area contributed by atoms with Gasteiger partial charge < -0.3 is 20.5 Å². The van der Waals surface area contributed by atoms with Gasteiger partial charge in [0.25, 0.3) is 0 Å². The van der Waals surface area contributed by atoms with Gasteiger partial charge in [0.1, 0.15) is 0 Å². The third-order valence-electron chi connectivity index (χ3n) is 3.11. The van der Waals surface area contributed by atoms with Crippen LogP contribution in [0.2, 0.25) is 0 Å². The fourth-order valence-electron chi connectivity index (χ4n) is 1.95. The van der Waals surface area contributed by atoms with Crippen LogP contribution in [0.15, 0.2) is 12.1 Å². The van der Waals surface area contributed by atoms with Crippen LogP contribution in [0, 0.1) is 5.82 Å². The van der Waals surface area contributed by atoms with Gasteiger partial charge in [-0.05, 0) is 19.4 Å². The van der Waals surface area contributed by atoms with Gasteiger partial charge in [0.05, 0.1) is 19.9 Å². The van der Waals surface area contributed by atoms with E-state index in [1.165, 1.54) is 26.4 Å². The first-order chi connectivity index (χ1) is 10.1. The maximum Gasteiger partial charge on any atom is 0.224 e. The molecule has 118 valence electrons. The molecule has 0 aliphatic rings. The van der Waals surface area contributed by atoms with Crippen LogP contribution in [0.25, 0.3) is 0 Å². The summed E-state index contributed by atoms with van der Waals surface area (Å²) in [6.45, 7) is 0.670. The van der Waals surface area contributed by atoms with E-state index in [1.807, 2.05) is 0 Å². The number of carbonyl (C=O) groups is 1. The third kappa shape index (κ3) is 5.59. The highest BCUT2D eigenvalue weighted by Crippen LogP contribution is 2.32. The van der Waals surface area contributed by atoms with Crippen molar-refractivity contribution in [1.82, 2.24) is 0 Å². The molecule has 6 heteroatoms. The van der Waals surface area contributed by atoms with E-state index in [9.17, 15) is 9.18 Å². The van der Waals surface area contributed by atoms with Gasteiger partial charge in [-0.15, -0.1) is 0 Å². The summed E-state index contributed by atoms with van der Waals surface area (Å²) in [7, 11) is 2.88. The Hall–Kier alpha value is -1.82. The number of halogens is 1. The first-order valence-electron chi connectivity index (χ1n) is 7.03. The third-order valence-corrected chi connectivity index (χ3v) is 3.11. The molecule has 21 heavy (non-hydrogen) atoms. The summed E-state index contributed by atoms with van der Waals surface area (Å²) in [5.74, 6) is -0.107. The SMILES string of the molecule is COc1cc(F)c(NC(=O)CCCCCCN)cc1OC. The topological polar surface area (TPSA) is 73.6 Å². The Balaban J connectivity index is 2.55. The molecule has 1 aromatic carbocycles. The van der Waals surface area contributed by atoms with E-state index >= 15 is 0 Å². The maximum absolute atomic E-state index is 13.8. The number of carbonyl (C=O) groups excluding carboxylic acids is 1. The zero-order valence-electron chi connectivity index (χ0n) is 12.6. The molecule has 1 amide bonds. The molecule has 0 fully saturated rings. The Morgan fingerprint density at radius 2 is 1.76 bits per heavy atom. The summed E-state index contributed by atoms with van der Waals surface area (Å²) in [4.78, 5) is 11.8. The van der Waals surface area contributed by atoms with Crippen molar-refractivity contribution in [3.63, 3.8) is 0 Å². The minimum absolute atomic E-state index is 0.0969. The van der Waals surface area contributed by atoms with Gasteiger partial charge in [-0.25, -0.2) is 4.39 Å². The number of unbranched alkanes of at least 4 members (excludes halogenated alkanes) is 3. The fraction of sp³-hybridized carbons (Fsp3) is 0.533. The Labute approximate surface area is 124 Å². The molecule has 0 aliphatic heterocycles. The van der Waals surface area contributed by atoms with Crippen LogP contribution < -0.4 is 20.5 Å². The first-order valence-corrected chi connectivity index (χ1v) is 7.03. The molecule has 1 aromatic rings. The number of amides is 1. The molecule has 1 rings (SSSR count). The van der Waals surface area contributed by atoms with Gasteiger partial charge in [-0.1, -0.05) is 12.8 Å². The maximum atomic E-state index is 13.8. The van der Waals surface area contributed by atoms with E-state index in [-0.39, 0.29) is 17.3 Å². The highest BCUT2D eigenvalue weighted by Gasteiger charge is 2.13. The average molecular weight is 298 g/mol. The van der Waals surface area contributed by atoms with E-state index in [0.717, 1.165) is 25.7 Å². The van der Waals surface area contributed by atoms with Gasteiger partial charge >= 0.3 is 0 Å². The Bertz CT molecular complexity index is 466. The molecule has 0 saturated carbocycles. The largest absolute Gasteiger partial charge is 0.493 e. The Kier molecular flexibility index (Phi) is 7.53. The average Bonchev–Trinajstić information content (AvgIpc) is 2.48. The molecular weight excluding hydrogens is 275 g/mol. The second-order valence-corrected chi connectivity index (χ2v) is 4.69. The van der Waals surface area contributed by atoms with Crippen LogP contribution in [0.5, 0.6) is 11.5 Å². The van der Waals surface area contributed by atoms with Crippen LogP contribution in [-0.4, -0.2) is 26.7 Å². The monoisotopic (exact) mass is 298 g/mol. The zero-order valence-corrected chi connectivity index (χ0v) is 12.6. The van der Waals surface area contributed by atoms with Crippen LogP contribution in [0.1, 0.15) is 32.1 Å². The predicted molar refractivity (Wildman–Crippen MR) is 80.3 cm³/mol. The summed E-state index contributed by atoms with van der Waals surface area (Å²) in [6.07, 6.45) is 4.04. The van der Waals surface area contributed by atoms with Crippen molar-refractivity contribution in [2.75, 3.05) is 26.1 Å². The van der Waals surface area contributed by atoms with Crippen molar-refractivity contribution < 1.29 is 18.7 Å². The second-order valence-electron chi connectivity index (χ2n) is 4.69. The Morgan fingerprint density at radius 3 is 2.38 bits per heavy atom. The molecule has 0 saturated heterocycles. The van der Waals surface area contributed by atoms with Crippen molar-refractivity contribution in [3.8, 4) is 11.5 Å². The summed E-state index contributed by atoms with van der Waals surface area (Å²) in [5.41, 5.74) is 5.49. The fourth-order valence-corrected chi connectivity index (χ4v) is 1.95. The van der Waals surface area contributed by atoms with Crippen molar-refractivity contribution in [2.45, 2.75) is 32.1 Å². The highest BCUT2D eigenvalue weighted by atomic mass is 19.1. The number of anilines is 1. The van der Waals surface area contributed by atoms with Crippen LogP contribution >= 0.6 is 0 Å². The lowest BCUT2D eigenvalue weighted by Gasteiger charge is -2.11. The summed E-state index contributed by atoms with van der Waals surface area (Å²) in [5, 5.41) is 2.55. The first kappa shape index (κ1) is 17.2. The van der Waals surface area contributed by atoms with E-state index in [1.54, 1.807) is 0 Å². The van der Waals surface area contributed by atoms with E-state index < -0.39 is 5.82 Å². The standard InChI is InChI=1S/C15H23FN2O3/c1-20-13-9-11(16)12(10-14(13)21-2)18-15(19)7-5-3-4-6-8-17/h9-10H,3-8,17H2,1-2H3,(H,18,19). The zero-order chi connectivity index (χ0) is 15.7. The molecule has 0 bridgehead atoms. The number of nitrogens with two attached hydrogens (primary N) is 1. The lowest BCUT2D eigenvalue weighted by Crippen LogP contribution is -2.12. The molecule has 0 heterocycles. The smallest absolute Gasteiger partial charge is 0.224 e. The van der Waals surface area contributed by atoms with Crippen molar-refractivity contribution in [2.24, 2.45) is 5.73 Å². The minimum atomic E-state index is -0.552. The van der Waals surface area contributed by atoms with E-state index in [4.69, 9.17) is 15.2 Å². The lowest BCUT2D eigenvalue weighted by molar-refractivity contribution is -0.116. The van der Waals surface area contributed by atoms with Gasteiger partial charge in [0, 0.05) is 18.6 Å². The van der Waals surface area contributed by atoms with Crippen LogP contribution in [-0.2, 0) is 4.79 Å². The number of rotatable bonds is 9. The highest BCUT2D eigenvalue weighted by molar-refractivity contribution is 5.91. The number of methoxy groups -OCH3 is 2. The Morgan fingerprint density at radius 1 is 1.14 bits per heavy atom. The van der Waals surface area contributed by atoms with Crippen LogP contribution in [0.3, 0.4) is 0 Å². The summed E-state index contributed by atoms with van der Waals surface area (Å²) in [6, 6.07) is 2.61. The van der Waals surface area contributed by atoms with Gasteiger partial charge in [-0.2, -0.15) is 0 Å². The number of ether oxygens (including phenoxy) is 2. The molecule has 0 aromatic heterocycles. The predicted octanol–water partition coefficient (Wildman–Crippen LogP) is 2.69. The second kappa shape index (κ2) is 9.18. The minimum Gasteiger partial charge on any atom is -0.493 e. The van der Waals surface area contributed by atoms with Crippen molar-refractivity contribution >= 4 is 11.6 Å². The molecule has 0 spiro atoms. The van der Waals surface area contributed by atoms with Crippen LogP contribution in [0.4, 0.5) is 10.1 Å². The molecular formula is C15H23FN2O3. The van der Waals surface area contributed by atoms with E-state index in [0.29, 0.717) is 18.7 Å². The summed E-state index contributed by atoms with van der Waals surface area (Å²) < 4.78 is 23.9. The number of hydrogen-bond donors (Lipinski definition) is 2. The van der Waals surface area contributed by atoms with Gasteiger partial charge in [0.15, 0.2) is 17.3 Å². The molecule has 0 radical (unpaired) electrons. The molecule has 3 N–H and O–H groups in total. The molecule has 0 aliphatic carbocycles. The van der Waals surface area contributed by atoms with Gasteiger partial charge in [0.2, 0.25) is 5.91 Å². The lowest BCUT2D eigenvalue weighted by atomic mass is 10.1. The van der Waals surface area contributed by atoms with Gasteiger partial charge in [-0.3, -0.25) is 4.79 Å². The number of benzene rings is 1. The summed E-state index contributed by atoms with van der Waals surface area (Å²) >= 11 is 0. The molecule has 5 nitrogen and oxygen atoms in total. The molecule has 0 atom stereocenters.